The van der Waals surface area contributed by atoms with Crippen LogP contribution in [0.5, 0.6) is 11.6 Å². The van der Waals surface area contributed by atoms with E-state index in [1.165, 1.54) is 0 Å². The normalized spacial score (nSPS) is 10.8. The monoisotopic (exact) mass is 325 g/mol. The van der Waals surface area contributed by atoms with E-state index in [1.54, 1.807) is 12.4 Å². The number of aromatic nitrogens is 4. The van der Waals surface area contributed by atoms with Crippen molar-refractivity contribution in [3.63, 3.8) is 0 Å². The van der Waals surface area contributed by atoms with Gasteiger partial charge >= 0.3 is 0 Å². The second kappa shape index (κ2) is 6.01. The Labute approximate surface area is 120 Å². The molecule has 0 radical (unpaired) electrons. The van der Waals surface area contributed by atoms with Gasteiger partial charge in [-0.15, -0.1) is 0 Å². The van der Waals surface area contributed by atoms with Crippen LogP contribution in [0.25, 0.3) is 0 Å². The first-order valence-corrected chi connectivity index (χ1v) is 6.88. The lowest BCUT2D eigenvalue weighted by atomic mass is 10.4. The second-order valence-corrected chi connectivity index (χ2v) is 5.08. The van der Waals surface area contributed by atoms with E-state index in [-0.39, 0.29) is 0 Å². The fraction of sp³-hybridized carbons (Fsp3) is 0.417. The maximum Gasteiger partial charge on any atom is 0.238 e. The molecule has 2 aromatic rings. The molecule has 0 atom stereocenters. The standard InChI is InChI=1S/C12H16BrN5O/c1-4-14-12-15-6-10(13)11(17-12)19-9-5-16-18(7-9)8(2)3/h5-8H,4H2,1-3H3,(H,14,15,17). The number of rotatable bonds is 5. The van der Waals surface area contributed by atoms with E-state index in [0.29, 0.717) is 28.1 Å². The number of anilines is 1. The van der Waals surface area contributed by atoms with Crippen molar-refractivity contribution in [2.24, 2.45) is 0 Å². The van der Waals surface area contributed by atoms with Gasteiger partial charge in [0.2, 0.25) is 11.8 Å². The summed E-state index contributed by atoms with van der Waals surface area (Å²) in [5, 5.41) is 7.26. The fourth-order valence-corrected chi connectivity index (χ4v) is 1.71. The van der Waals surface area contributed by atoms with Crippen molar-refractivity contribution in [3.05, 3.63) is 23.1 Å². The zero-order valence-electron chi connectivity index (χ0n) is 11.1. The lowest BCUT2D eigenvalue weighted by Crippen LogP contribution is -2.03. The largest absolute Gasteiger partial charge is 0.434 e. The van der Waals surface area contributed by atoms with Crippen LogP contribution in [0.2, 0.25) is 0 Å². The van der Waals surface area contributed by atoms with Gasteiger partial charge in [0.25, 0.3) is 0 Å². The zero-order valence-corrected chi connectivity index (χ0v) is 12.7. The van der Waals surface area contributed by atoms with Gasteiger partial charge in [-0.1, -0.05) is 0 Å². The van der Waals surface area contributed by atoms with Crippen molar-refractivity contribution < 1.29 is 4.74 Å². The first-order chi connectivity index (χ1) is 9.10. The van der Waals surface area contributed by atoms with Gasteiger partial charge in [-0.3, -0.25) is 4.68 Å². The van der Waals surface area contributed by atoms with Gasteiger partial charge in [-0.2, -0.15) is 10.1 Å². The summed E-state index contributed by atoms with van der Waals surface area (Å²) in [4.78, 5) is 8.42. The van der Waals surface area contributed by atoms with E-state index in [4.69, 9.17) is 4.74 Å². The molecule has 102 valence electrons. The Kier molecular flexibility index (Phi) is 4.36. The quantitative estimate of drug-likeness (QED) is 0.914. The highest BCUT2D eigenvalue weighted by Crippen LogP contribution is 2.27. The van der Waals surface area contributed by atoms with Crippen molar-refractivity contribution in [2.75, 3.05) is 11.9 Å². The molecule has 2 aromatic heterocycles. The molecule has 0 aliphatic carbocycles. The molecular formula is C12H16BrN5O. The van der Waals surface area contributed by atoms with Crippen LogP contribution in [0, 0.1) is 0 Å². The molecule has 0 saturated heterocycles. The molecule has 0 fully saturated rings. The predicted molar refractivity (Wildman–Crippen MR) is 76.6 cm³/mol. The van der Waals surface area contributed by atoms with Crippen LogP contribution in [0.1, 0.15) is 26.8 Å². The van der Waals surface area contributed by atoms with Gasteiger partial charge < -0.3 is 10.1 Å². The van der Waals surface area contributed by atoms with Crippen LogP contribution < -0.4 is 10.1 Å². The molecule has 7 heteroatoms. The van der Waals surface area contributed by atoms with E-state index in [1.807, 2.05) is 17.8 Å². The maximum absolute atomic E-state index is 5.71. The van der Waals surface area contributed by atoms with Crippen LogP contribution in [-0.2, 0) is 0 Å². The van der Waals surface area contributed by atoms with Gasteiger partial charge in [-0.25, -0.2) is 4.98 Å². The molecule has 2 rings (SSSR count). The van der Waals surface area contributed by atoms with Crippen molar-refractivity contribution in [2.45, 2.75) is 26.8 Å². The van der Waals surface area contributed by atoms with Crippen molar-refractivity contribution in [3.8, 4) is 11.6 Å². The molecule has 0 aliphatic rings. The van der Waals surface area contributed by atoms with Gasteiger partial charge in [0.15, 0.2) is 5.75 Å². The van der Waals surface area contributed by atoms with Gasteiger partial charge in [0.1, 0.15) is 0 Å². The van der Waals surface area contributed by atoms with Crippen LogP contribution in [0.15, 0.2) is 23.1 Å². The molecule has 0 aromatic carbocycles. The molecule has 0 spiro atoms. The summed E-state index contributed by atoms with van der Waals surface area (Å²) in [6.07, 6.45) is 5.17. The van der Waals surface area contributed by atoms with Crippen molar-refractivity contribution in [1.82, 2.24) is 19.7 Å². The molecule has 0 bridgehead atoms. The topological polar surface area (TPSA) is 64.9 Å². The van der Waals surface area contributed by atoms with Gasteiger partial charge in [0.05, 0.1) is 23.1 Å². The molecule has 0 amide bonds. The molecule has 6 nitrogen and oxygen atoms in total. The third kappa shape index (κ3) is 3.44. The Bertz CT molecular complexity index is 555. The lowest BCUT2D eigenvalue weighted by Gasteiger charge is -2.07. The van der Waals surface area contributed by atoms with Crippen molar-refractivity contribution >= 4 is 21.9 Å². The highest BCUT2D eigenvalue weighted by molar-refractivity contribution is 9.10. The Morgan fingerprint density at radius 3 is 2.84 bits per heavy atom. The van der Waals surface area contributed by atoms with Crippen molar-refractivity contribution in [1.29, 1.82) is 0 Å². The number of ether oxygens (including phenoxy) is 1. The molecular weight excluding hydrogens is 310 g/mol. The summed E-state index contributed by atoms with van der Waals surface area (Å²) in [5.74, 6) is 1.65. The summed E-state index contributed by atoms with van der Waals surface area (Å²) in [7, 11) is 0. The van der Waals surface area contributed by atoms with E-state index < -0.39 is 0 Å². The maximum atomic E-state index is 5.71. The summed E-state index contributed by atoms with van der Waals surface area (Å²) >= 11 is 3.37. The third-order valence-electron chi connectivity index (χ3n) is 2.37. The average Bonchev–Trinajstić information content (AvgIpc) is 2.82. The molecule has 19 heavy (non-hydrogen) atoms. The van der Waals surface area contributed by atoms with Gasteiger partial charge in [0, 0.05) is 12.6 Å². The zero-order chi connectivity index (χ0) is 13.8. The van der Waals surface area contributed by atoms with E-state index in [9.17, 15) is 0 Å². The lowest BCUT2D eigenvalue weighted by molar-refractivity contribution is 0.455. The molecule has 0 saturated carbocycles. The third-order valence-corrected chi connectivity index (χ3v) is 2.91. The number of hydrogen-bond acceptors (Lipinski definition) is 5. The highest BCUT2D eigenvalue weighted by atomic mass is 79.9. The molecule has 1 N–H and O–H groups in total. The number of nitrogens with zero attached hydrogens (tertiary/aromatic N) is 4. The number of hydrogen-bond donors (Lipinski definition) is 1. The van der Waals surface area contributed by atoms with Crippen LogP contribution >= 0.6 is 15.9 Å². The summed E-state index contributed by atoms with van der Waals surface area (Å²) in [6, 6.07) is 0.295. The molecule has 0 unspecified atom stereocenters. The van der Waals surface area contributed by atoms with E-state index in [0.717, 1.165) is 6.54 Å². The van der Waals surface area contributed by atoms with E-state index in [2.05, 4.69) is 50.2 Å². The minimum atomic E-state index is 0.295. The smallest absolute Gasteiger partial charge is 0.238 e. The first-order valence-electron chi connectivity index (χ1n) is 6.08. The van der Waals surface area contributed by atoms with Gasteiger partial charge in [-0.05, 0) is 36.7 Å². The first kappa shape index (κ1) is 13.8. The molecule has 2 heterocycles. The Balaban J connectivity index is 2.19. The van der Waals surface area contributed by atoms with Crippen LogP contribution in [0.3, 0.4) is 0 Å². The Hall–Kier alpha value is -1.63. The summed E-state index contributed by atoms with van der Waals surface area (Å²) in [5.41, 5.74) is 0. The fourth-order valence-electron chi connectivity index (χ4n) is 1.43. The average molecular weight is 326 g/mol. The minimum absolute atomic E-state index is 0.295. The predicted octanol–water partition coefficient (Wildman–Crippen LogP) is 3.24. The number of nitrogens with one attached hydrogen (secondary N) is 1. The SMILES string of the molecule is CCNc1ncc(Br)c(Oc2cnn(C(C)C)c2)n1. The second-order valence-electron chi connectivity index (χ2n) is 4.23. The van der Waals surface area contributed by atoms with E-state index >= 15 is 0 Å². The van der Waals surface area contributed by atoms with Crippen LogP contribution in [0.4, 0.5) is 5.95 Å². The number of halogens is 1. The Morgan fingerprint density at radius 1 is 1.42 bits per heavy atom. The summed E-state index contributed by atoms with van der Waals surface area (Å²) < 4.78 is 8.24. The highest BCUT2D eigenvalue weighted by Gasteiger charge is 2.09. The minimum Gasteiger partial charge on any atom is -0.434 e. The van der Waals surface area contributed by atoms with Crippen LogP contribution in [-0.4, -0.2) is 26.3 Å². The summed E-state index contributed by atoms with van der Waals surface area (Å²) in [6.45, 7) is 6.85. The molecule has 0 aliphatic heterocycles. The Morgan fingerprint density at radius 2 is 2.21 bits per heavy atom.